The van der Waals surface area contributed by atoms with E-state index in [1.54, 1.807) is 18.3 Å². The van der Waals surface area contributed by atoms with Crippen LogP contribution in [0.1, 0.15) is 41.0 Å². The number of anilines is 1. The molecular formula is C18H30N2O4. The Morgan fingerprint density at radius 1 is 1.25 bits per heavy atom. The molecule has 1 aromatic heterocycles. The van der Waals surface area contributed by atoms with Crippen molar-refractivity contribution in [3.8, 4) is 5.88 Å². The molecule has 0 radical (unpaired) electrons. The number of carbonyl (C=O) groups excluding carboxylic acids is 1. The van der Waals surface area contributed by atoms with Crippen LogP contribution in [0.3, 0.4) is 0 Å². The molecule has 1 rings (SSSR count). The normalized spacial score (nSPS) is 13.6. The van der Waals surface area contributed by atoms with Crippen LogP contribution in [0.2, 0.25) is 0 Å². The number of carbonyl (C=O) groups is 1. The second kappa shape index (κ2) is 10.3. The molecule has 0 bridgehead atoms. The highest BCUT2D eigenvalue weighted by atomic mass is 16.5. The Kier molecular flexibility index (Phi) is 8.71. The van der Waals surface area contributed by atoms with Gasteiger partial charge in [0.1, 0.15) is 12.2 Å². The molecule has 1 atom stereocenters. The lowest BCUT2D eigenvalue weighted by molar-refractivity contribution is -0.140. The number of amides is 1. The number of pyridine rings is 1. The number of ether oxygens (including phenoxy) is 3. The van der Waals surface area contributed by atoms with Crippen LogP contribution in [-0.4, -0.2) is 42.9 Å². The highest BCUT2D eigenvalue weighted by Gasteiger charge is 2.34. The smallest absolute Gasteiger partial charge is 0.256 e. The fourth-order valence-electron chi connectivity index (χ4n) is 2.47. The Balaban J connectivity index is 2.62. The summed E-state index contributed by atoms with van der Waals surface area (Å²) >= 11 is 0. The minimum absolute atomic E-state index is 0.162. The van der Waals surface area contributed by atoms with Gasteiger partial charge in [-0.3, -0.25) is 4.79 Å². The monoisotopic (exact) mass is 338 g/mol. The lowest BCUT2D eigenvalue weighted by Crippen LogP contribution is -2.44. The molecule has 0 aliphatic heterocycles. The molecular weight excluding hydrogens is 308 g/mol. The van der Waals surface area contributed by atoms with Gasteiger partial charge in [0.25, 0.3) is 5.91 Å². The molecule has 6 nitrogen and oxygen atoms in total. The van der Waals surface area contributed by atoms with E-state index in [0.717, 1.165) is 0 Å². The molecule has 6 heteroatoms. The molecule has 1 N–H and O–H groups in total. The summed E-state index contributed by atoms with van der Waals surface area (Å²) in [5.74, 6) is 0.693. The third kappa shape index (κ3) is 6.84. The Labute approximate surface area is 144 Å². The number of nitrogens with one attached hydrogen (secondary N) is 1. The second-order valence-electron chi connectivity index (χ2n) is 6.15. The van der Waals surface area contributed by atoms with Crippen molar-refractivity contribution in [2.24, 2.45) is 5.92 Å². The van der Waals surface area contributed by atoms with Gasteiger partial charge in [0, 0.05) is 19.3 Å². The molecule has 0 saturated heterocycles. The molecule has 24 heavy (non-hydrogen) atoms. The van der Waals surface area contributed by atoms with Crippen LogP contribution in [0.15, 0.2) is 18.3 Å². The van der Waals surface area contributed by atoms with Gasteiger partial charge in [-0.1, -0.05) is 13.8 Å². The van der Waals surface area contributed by atoms with Crippen LogP contribution in [0.5, 0.6) is 5.88 Å². The van der Waals surface area contributed by atoms with E-state index in [2.05, 4.69) is 24.1 Å². The van der Waals surface area contributed by atoms with Crippen molar-refractivity contribution in [3.05, 3.63) is 18.3 Å². The van der Waals surface area contributed by atoms with Gasteiger partial charge in [-0.2, -0.15) is 0 Å². The zero-order valence-electron chi connectivity index (χ0n) is 15.4. The predicted molar refractivity (Wildman–Crippen MR) is 94.3 cm³/mol. The van der Waals surface area contributed by atoms with Crippen molar-refractivity contribution in [1.29, 1.82) is 0 Å². The van der Waals surface area contributed by atoms with Gasteiger partial charge < -0.3 is 19.5 Å². The van der Waals surface area contributed by atoms with Gasteiger partial charge in [0.2, 0.25) is 5.88 Å². The van der Waals surface area contributed by atoms with Gasteiger partial charge in [-0.25, -0.2) is 4.98 Å². The molecule has 0 aliphatic carbocycles. The Bertz CT molecular complexity index is 490. The molecule has 1 amide bonds. The summed E-state index contributed by atoms with van der Waals surface area (Å²) in [6.45, 7) is 11.9. The summed E-state index contributed by atoms with van der Waals surface area (Å²) in [7, 11) is 0. The Morgan fingerprint density at radius 2 is 2.00 bits per heavy atom. The lowest BCUT2D eigenvalue weighted by atomic mass is 9.93. The van der Waals surface area contributed by atoms with Gasteiger partial charge in [0.05, 0.1) is 18.5 Å². The van der Waals surface area contributed by atoms with Crippen molar-refractivity contribution in [2.75, 3.05) is 31.7 Å². The number of hydrogen-bond acceptors (Lipinski definition) is 5. The first-order valence-electron chi connectivity index (χ1n) is 8.53. The van der Waals surface area contributed by atoms with Crippen LogP contribution in [-0.2, 0) is 14.3 Å². The fourth-order valence-corrected chi connectivity index (χ4v) is 2.47. The molecule has 136 valence electrons. The number of aromatic nitrogens is 1. The quantitative estimate of drug-likeness (QED) is 0.627. The summed E-state index contributed by atoms with van der Waals surface area (Å²) in [5.41, 5.74) is -0.234. The maximum Gasteiger partial charge on any atom is 0.256 e. The first-order chi connectivity index (χ1) is 11.4. The molecule has 0 saturated carbocycles. The van der Waals surface area contributed by atoms with Crippen LogP contribution in [0, 0.1) is 5.92 Å². The third-order valence-electron chi connectivity index (χ3n) is 3.42. The highest BCUT2D eigenvalue weighted by Crippen LogP contribution is 2.23. The standard InChI is InChI=1S/C18H30N2O4/c1-6-22-10-11-23-16-9-8-15(13-19-16)20-17(21)18(5,24-7-2)12-14(3)4/h8-9,13-14H,6-7,10-12H2,1-5H3,(H,20,21)/t18-/m1/s1. The molecule has 1 aromatic rings. The highest BCUT2D eigenvalue weighted by molar-refractivity contribution is 5.96. The van der Waals surface area contributed by atoms with Crippen LogP contribution < -0.4 is 10.1 Å². The first-order valence-corrected chi connectivity index (χ1v) is 8.53. The lowest BCUT2D eigenvalue weighted by Gasteiger charge is -2.29. The van der Waals surface area contributed by atoms with Gasteiger partial charge in [-0.15, -0.1) is 0 Å². The Hall–Kier alpha value is -1.66. The van der Waals surface area contributed by atoms with E-state index in [4.69, 9.17) is 14.2 Å². The van der Waals surface area contributed by atoms with Gasteiger partial charge in [-0.05, 0) is 39.2 Å². The van der Waals surface area contributed by atoms with E-state index in [-0.39, 0.29) is 5.91 Å². The summed E-state index contributed by atoms with van der Waals surface area (Å²) < 4.78 is 16.4. The van der Waals surface area contributed by atoms with Crippen LogP contribution >= 0.6 is 0 Å². The topological polar surface area (TPSA) is 69.7 Å². The van der Waals surface area contributed by atoms with Gasteiger partial charge in [0.15, 0.2) is 0 Å². The summed E-state index contributed by atoms with van der Waals surface area (Å²) in [6.07, 6.45) is 2.23. The maximum absolute atomic E-state index is 12.6. The van der Waals surface area contributed by atoms with Crippen molar-refractivity contribution in [1.82, 2.24) is 4.98 Å². The van der Waals surface area contributed by atoms with E-state index in [1.165, 1.54) is 0 Å². The van der Waals surface area contributed by atoms with Crippen molar-refractivity contribution in [2.45, 2.75) is 46.6 Å². The summed E-state index contributed by atoms with van der Waals surface area (Å²) in [5, 5.41) is 2.87. The first kappa shape index (κ1) is 20.4. The minimum Gasteiger partial charge on any atom is -0.475 e. The number of hydrogen-bond donors (Lipinski definition) is 1. The molecule has 0 aromatic carbocycles. The molecule has 1 heterocycles. The molecule has 0 spiro atoms. The third-order valence-corrected chi connectivity index (χ3v) is 3.42. The van der Waals surface area contributed by atoms with Gasteiger partial charge >= 0.3 is 0 Å². The minimum atomic E-state index is -0.852. The summed E-state index contributed by atoms with van der Waals surface area (Å²) in [6, 6.07) is 3.49. The molecule has 0 unspecified atom stereocenters. The zero-order chi connectivity index (χ0) is 18.0. The number of rotatable bonds is 11. The van der Waals surface area contributed by atoms with E-state index >= 15 is 0 Å². The maximum atomic E-state index is 12.6. The molecule has 0 aliphatic rings. The van der Waals surface area contributed by atoms with E-state index in [0.29, 0.717) is 50.3 Å². The second-order valence-corrected chi connectivity index (χ2v) is 6.15. The van der Waals surface area contributed by atoms with Crippen LogP contribution in [0.25, 0.3) is 0 Å². The fraction of sp³-hybridized carbons (Fsp3) is 0.667. The van der Waals surface area contributed by atoms with E-state index < -0.39 is 5.60 Å². The van der Waals surface area contributed by atoms with E-state index in [9.17, 15) is 4.79 Å². The van der Waals surface area contributed by atoms with Crippen molar-refractivity contribution in [3.63, 3.8) is 0 Å². The number of nitrogens with zero attached hydrogens (tertiary/aromatic N) is 1. The van der Waals surface area contributed by atoms with Crippen molar-refractivity contribution >= 4 is 11.6 Å². The van der Waals surface area contributed by atoms with Crippen molar-refractivity contribution < 1.29 is 19.0 Å². The molecule has 0 fully saturated rings. The average molecular weight is 338 g/mol. The SMILES string of the molecule is CCOCCOc1ccc(NC(=O)[C@@](C)(CC(C)C)OCC)cn1. The average Bonchev–Trinajstić information content (AvgIpc) is 2.52. The summed E-state index contributed by atoms with van der Waals surface area (Å²) in [4.78, 5) is 16.8. The largest absolute Gasteiger partial charge is 0.475 e. The Morgan fingerprint density at radius 3 is 2.54 bits per heavy atom. The predicted octanol–water partition coefficient (Wildman–Crippen LogP) is 3.28. The zero-order valence-corrected chi connectivity index (χ0v) is 15.4. The van der Waals surface area contributed by atoms with Crippen LogP contribution in [0.4, 0.5) is 5.69 Å². The van der Waals surface area contributed by atoms with E-state index in [1.807, 2.05) is 20.8 Å².